The zero-order valence-electron chi connectivity index (χ0n) is 17.9. The molecule has 0 bridgehead atoms. The standard InChI is InChI=1S/C21H32N6O2.HI/c1-3-23-21(26-11-9-20(10-12-26)29-14-4-13-28-2)24-15-18-5-7-19(8-6-18)27-17-22-16-25-27;/h5-8,16-17,20H,3-4,9-15H2,1-2H3,(H,23,24);1H. The molecule has 0 atom stereocenters. The first-order chi connectivity index (χ1) is 14.3. The van der Waals surface area contributed by atoms with E-state index in [0.29, 0.717) is 12.6 Å². The summed E-state index contributed by atoms with van der Waals surface area (Å²) >= 11 is 0. The molecule has 3 rings (SSSR count). The number of hydrogen-bond acceptors (Lipinski definition) is 5. The van der Waals surface area contributed by atoms with Crippen LogP contribution in [-0.4, -0.2) is 71.7 Å². The summed E-state index contributed by atoms with van der Waals surface area (Å²) in [6.45, 7) is 7.07. The lowest BCUT2D eigenvalue weighted by atomic mass is 10.1. The van der Waals surface area contributed by atoms with Crippen LogP contribution in [0.25, 0.3) is 5.69 Å². The van der Waals surface area contributed by atoms with Crippen LogP contribution in [0.4, 0.5) is 0 Å². The average Bonchev–Trinajstić information content (AvgIpc) is 3.30. The summed E-state index contributed by atoms with van der Waals surface area (Å²) in [6, 6.07) is 8.26. The summed E-state index contributed by atoms with van der Waals surface area (Å²) in [5.41, 5.74) is 2.16. The summed E-state index contributed by atoms with van der Waals surface area (Å²) in [5, 5.41) is 7.58. The Hall–Kier alpha value is -1.72. The number of rotatable bonds is 9. The van der Waals surface area contributed by atoms with Crippen LogP contribution in [0.5, 0.6) is 0 Å². The number of methoxy groups -OCH3 is 1. The largest absolute Gasteiger partial charge is 0.385 e. The van der Waals surface area contributed by atoms with Gasteiger partial charge in [0.05, 0.1) is 18.3 Å². The Kier molecular flexibility index (Phi) is 11.1. The van der Waals surface area contributed by atoms with Crippen molar-refractivity contribution in [1.29, 1.82) is 0 Å². The molecule has 1 aliphatic heterocycles. The number of aromatic nitrogens is 3. The number of aliphatic imine (C=N–C) groups is 1. The van der Waals surface area contributed by atoms with Gasteiger partial charge in [-0.15, -0.1) is 24.0 Å². The Morgan fingerprint density at radius 2 is 1.97 bits per heavy atom. The van der Waals surface area contributed by atoms with Gasteiger partial charge in [0.1, 0.15) is 12.7 Å². The Morgan fingerprint density at radius 1 is 1.20 bits per heavy atom. The van der Waals surface area contributed by atoms with Gasteiger partial charge >= 0.3 is 0 Å². The smallest absolute Gasteiger partial charge is 0.194 e. The molecule has 8 nitrogen and oxygen atoms in total. The summed E-state index contributed by atoms with van der Waals surface area (Å²) in [5.74, 6) is 0.977. The molecule has 0 saturated carbocycles. The number of piperidine rings is 1. The van der Waals surface area contributed by atoms with Crippen molar-refractivity contribution in [3.8, 4) is 5.69 Å². The zero-order chi connectivity index (χ0) is 20.3. The molecule has 9 heteroatoms. The van der Waals surface area contributed by atoms with E-state index in [9.17, 15) is 0 Å². The zero-order valence-corrected chi connectivity index (χ0v) is 20.2. The van der Waals surface area contributed by atoms with Crippen molar-refractivity contribution < 1.29 is 9.47 Å². The molecular formula is C21H33IN6O2. The second kappa shape index (κ2) is 13.6. The van der Waals surface area contributed by atoms with E-state index in [1.165, 1.54) is 11.9 Å². The number of benzene rings is 1. The second-order valence-electron chi connectivity index (χ2n) is 7.08. The molecule has 0 amide bonds. The van der Waals surface area contributed by atoms with Gasteiger partial charge in [-0.05, 0) is 43.9 Å². The number of halogens is 1. The number of ether oxygens (including phenoxy) is 2. The predicted octanol–water partition coefficient (Wildman–Crippen LogP) is 2.87. The topological polar surface area (TPSA) is 76.8 Å². The molecule has 0 aliphatic carbocycles. The van der Waals surface area contributed by atoms with Crippen LogP contribution in [0.2, 0.25) is 0 Å². The lowest BCUT2D eigenvalue weighted by Gasteiger charge is -2.34. The van der Waals surface area contributed by atoms with Gasteiger partial charge in [0.25, 0.3) is 0 Å². The van der Waals surface area contributed by atoms with Crippen molar-refractivity contribution in [2.75, 3.05) is 40.0 Å². The minimum atomic E-state index is 0. The van der Waals surface area contributed by atoms with Gasteiger partial charge in [-0.25, -0.2) is 14.7 Å². The third-order valence-corrected chi connectivity index (χ3v) is 4.95. The van der Waals surface area contributed by atoms with Crippen molar-refractivity contribution in [3.63, 3.8) is 0 Å². The normalized spacial score (nSPS) is 15.1. The molecule has 1 aromatic carbocycles. The van der Waals surface area contributed by atoms with Crippen LogP contribution in [-0.2, 0) is 16.0 Å². The second-order valence-corrected chi connectivity index (χ2v) is 7.08. The number of nitrogens with zero attached hydrogens (tertiary/aromatic N) is 5. The third-order valence-electron chi connectivity index (χ3n) is 4.95. The highest BCUT2D eigenvalue weighted by atomic mass is 127. The molecule has 1 aliphatic rings. The van der Waals surface area contributed by atoms with Gasteiger partial charge in [-0.2, -0.15) is 5.10 Å². The summed E-state index contributed by atoms with van der Waals surface area (Å²) in [4.78, 5) is 11.2. The van der Waals surface area contributed by atoms with E-state index in [1.54, 1.807) is 18.1 Å². The van der Waals surface area contributed by atoms with Crippen LogP contribution in [0.3, 0.4) is 0 Å². The van der Waals surface area contributed by atoms with E-state index in [2.05, 4.69) is 39.4 Å². The van der Waals surface area contributed by atoms with E-state index in [-0.39, 0.29) is 24.0 Å². The van der Waals surface area contributed by atoms with Crippen LogP contribution < -0.4 is 5.32 Å². The lowest BCUT2D eigenvalue weighted by Crippen LogP contribution is -2.47. The van der Waals surface area contributed by atoms with Crippen LogP contribution in [0, 0.1) is 0 Å². The maximum Gasteiger partial charge on any atom is 0.194 e. The fraction of sp³-hybridized carbons (Fsp3) is 0.571. The Balaban J connectivity index is 0.00000320. The van der Waals surface area contributed by atoms with Crippen LogP contribution in [0.1, 0.15) is 31.7 Å². The van der Waals surface area contributed by atoms with Crippen molar-refractivity contribution in [2.45, 2.75) is 38.8 Å². The van der Waals surface area contributed by atoms with Gasteiger partial charge in [-0.1, -0.05) is 12.1 Å². The average molecular weight is 528 g/mol. The molecular weight excluding hydrogens is 495 g/mol. The Morgan fingerprint density at radius 3 is 2.60 bits per heavy atom. The summed E-state index contributed by atoms with van der Waals surface area (Å²) < 4.78 is 12.8. The molecule has 0 radical (unpaired) electrons. The number of guanidine groups is 1. The monoisotopic (exact) mass is 528 g/mol. The number of nitrogens with one attached hydrogen (secondary N) is 1. The van der Waals surface area contributed by atoms with E-state index in [4.69, 9.17) is 14.5 Å². The Labute approximate surface area is 196 Å². The van der Waals surface area contributed by atoms with Gasteiger partial charge in [0.2, 0.25) is 0 Å². The van der Waals surface area contributed by atoms with Crippen molar-refractivity contribution >= 4 is 29.9 Å². The molecule has 0 spiro atoms. The molecule has 1 N–H and O–H groups in total. The van der Waals surface area contributed by atoms with Gasteiger partial charge in [-0.3, -0.25) is 0 Å². The third kappa shape index (κ3) is 7.51. The van der Waals surface area contributed by atoms with E-state index >= 15 is 0 Å². The summed E-state index contributed by atoms with van der Waals surface area (Å²) in [6.07, 6.45) is 6.59. The fourth-order valence-electron chi connectivity index (χ4n) is 3.38. The molecule has 166 valence electrons. The molecule has 1 fully saturated rings. The number of hydrogen-bond donors (Lipinski definition) is 1. The van der Waals surface area contributed by atoms with Crippen LogP contribution in [0.15, 0.2) is 41.9 Å². The highest BCUT2D eigenvalue weighted by Gasteiger charge is 2.21. The van der Waals surface area contributed by atoms with E-state index in [0.717, 1.165) is 63.8 Å². The first kappa shape index (κ1) is 24.5. The first-order valence-electron chi connectivity index (χ1n) is 10.4. The van der Waals surface area contributed by atoms with Crippen molar-refractivity contribution in [2.24, 2.45) is 4.99 Å². The quantitative estimate of drug-likeness (QED) is 0.234. The molecule has 2 aromatic rings. The minimum absolute atomic E-state index is 0. The minimum Gasteiger partial charge on any atom is -0.385 e. The molecule has 0 unspecified atom stereocenters. The first-order valence-corrected chi connectivity index (χ1v) is 10.4. The van der Waals surface area contributed by atoms with E-state index < -0.39 is 0 Å². The molecule has 1 aromatic heterocycles. The van der Waals surface area contributed by atoms with Gasteiger partial charge in [0, 0.05) is 40.0 Å². The summed E-state index contributed by atoms with van der Waals surface area (Å²) in [7, 11) is 1.73. The maximum absolute atomic E-state index is 5.97. The highest BCUT2D eigenvalue weighted by Crippen LogP contribution is 2.15. The Bertz CT molecular complexity index is 730. The van der Waals surface area contributed by atoms with Gasteiger partial charge in [0.15, 0.2) is 5.96 Å². The molecule has 1 saturated heterocycles. The predicted molar refractivity (Wildman–Crippen MR) is 129 cm³/mol. The molecule has 30 heavy (non-hydrogen) atoms. The van der Waals surface area contributed by atoms with E-state index in [1.807, 2.05) is 12.1 Å². The maximum atomic E-state index is 5.97. The SMILES string of the molecule is CCNC(=NCc1ccc(-n2cncn2)cc1)N1CCC(OCCCOC)CC1.I. The fourth-order valence-corrected chi connectivity index (χ4v) is 3.38. The molecule has 2 heterocycles. The van der Waals surface area contributed by atoms with Crippen molar-refractivity contribution in [3.05, 3.63) is 42.5 Å². The number of likely N-dealkylation sites (tertiary alicyclic amines) is 1. The van der Waals surface area contributed by atoms with Crippen LogP contribution >= 0.6 is 24.0 Å². The lowest BCUT2D eigenvalue weighted by molar-refractivity contribution is 0.00990. The van der Waals surface area contributed by atoms with Crippen molar-refractivity contribution in [1.82, 2.24) is 25.0 Å². The highest BCUT2D eigenvalue weighted by molar-refractivity contribution is 14.0. The van der Waals surface area contributed by atoms with Gasteiger partial charge < -0.3 is 19.7 Å².